The summed E-state index contributed by atoms with van der Waals surface area (Å²) in [7, 11) is -2.21. The van der Waals surface area contributed by atoms with Crippen LogP contribution in [0.25, 0.3) is 0 Å². The average molecular weight is 409 g/mol. The Hall–Kier alpha value is -1.02. The largest absolute Gasteiger partial charge is 0.495 e. The molecule has 1 aromatic rings. The minimum absolute atomic E-state index is 0.0799. The molecule has 0 bridgehead atoms. The third-order valence-corrected chi connectivity index (χ3v) is 7.67. The summed E-state index contributed by atoms with van der Waals surface area (Å²) in [6.07, 6.45) is 0.328. The molecule has 0 aromatic heterocycles. The summed E-state index contributed by atoms with van der Waals surface area (Å²) < 4.78 is 30.8. The highest BCUT2D eigenvalue weighted by molar-refractivity contribution is 7.89. The highest BCUT2D eigenvalue weighted by Gasteiger charge is 2.68. The number of sulfonamides is 1. The van der Waals surface area contributed by atoms with E-state index in [2.05, 4.69) is 5.32 Å². The fourth-order valence-electron chi connectivity index (χ4n) is 2.56. The minimum Gasteiger partial charge on any atom is -0.495 e. The molecule has 140 valence electrons. The molecule has 25 heavy (non-hydrogen) atoms. The number of hydrogen-bond donors (Lipinski definition) is 1. The molecule has 1 aliphatic rings. The second-order valence-electron chi connectivity index (χ2n) is 6.12. The van der Waals surface area contributed by atoms with Gasteiger partial charge >= 0.3 is 0 Å². The highest BCUT2D eigenvalue weighted by atomic mass is 35.5. The van der Waals surface area contributed by atoms with Crippen molar-refractivity contribution in [3.63, 3.8) is 0 Å². The Morgan fingerprint density at radius 1 is 1.32 bits per heavy atom. The molecule has 1 unspecified atom stereocenters. The maximum Gasteiger partial charge on any atom is 0.243 e. The number of alkyl halides is 2. The third kappa shape index (κ3) is 3.60. The first-order valence-electron chi connectivity index (χ1n) is 7.91. The van der Waals surface area contributed by atoms with E-state index in [1.165, 1.54) is 29.6 Å². The molecule has 1 saturated carbocycles. The van der Waals surface area contributed by atoms with Crippen molar-refractivity contribution in [3.05, 3.63) is 18.2 Å². The van der Waals surface area contributed by atoms with Crippen LogP contribution in [0.2, 0.25) is 0 Å². The van der Waals surface area contributed by atoms with Crippen molar-refractivity contribution in [2.75, 3.05) is 25.5 Å². The number of anilines is 1. The van der Waals surface area contributed by atoms with Gasteiger partial charge in [0.1, 0.15) is 10.1 Å². The van der Waals surface area contributed by atoms with Gasteiger partial charge in [0.05, 0.1) is 23.1 Å². The van der Waals surface area contributed by atoms with Crippen LogP contribution >= 0.6 is 23.2 Å². The normalized spacial score (nSPS) is 21.9. The minimum atomic E-state index is -3.65. The molecule has 6 nitrogen and oxygen atoms in total. The summed E-state index contributed by atoms with van der Waals surface area (Å²) in [5, 5.41) is 2.69. The Labute approximate surface area is 158 Å². The molecule has 2 rings (SSSR count). The van der Waals surface area contributed by atoms with Gasteiger partial charge in [-0.05, 0) is 31.5 Å². The van der Waals surface area contributed by atoms with Crippen LogP contribution in [0.4, 0.5) is 5.69 Å². The molecular formula is C16H22Cl2N2O4S. The summed E-state index contributed by atoms with van der Waals surface area (Å²) in [6, 6.07) is 4.35. The number of methoxy groups -OCH3 is 1. The molecule has 0 saturated heterocycles. The Bertz CT molecular complexity index is 778. The second-order valence-corrected chi connectivity index (χ2v) is 9.54. The van der Waals surface area contributed by atoms with Crippen molar-refractivity contribution < 1.29 is 17.9 Å². The Kier molecular flexibility index (Phi) is 5.64. The van der Waals surface area contributed by atoms with Crippen LogP contribution < -0.4 is 10.1 Å². The maximum atomic E-state index is 12.7. The van der Waals surface area contributed by atoms with Gasteiger partial charge in [-0.1, -0.05) is 13.8 Å². The first-order chi connectivity index (χ1) is 11.5. The number of halogens is 2. The van der Waals surface area contributed by atoms with E-state index in [1.54, 1.807) is 20.8 Å². The van der Waals surface area contributed by atoms with Crippen LogP contribution in [0.15, 0.2) is 23.1 Å². The molecule has 1 N–H and O–H groups in total. The zero-order valence-electron chi connectivity index (χ0n) is 14.6. The number of benzene rings is 1. The van der Waals surface area contributed by atoms with E-state index in [4.69, 9.17) is 27.9 Å². The number of carbonyl (C=O) groups is 1. The molecular weight excluding hydrogens is 387 g/mol. The number of rotatable bonds is 7. The smallest absolute Gasteiger partial charge is 0.243 e. The summed E-state index contributed by atoms with van der Waals surface area (Å²) in [5.41, 5.74) is -0.660. The number of nitrogens with zero attached hydrogens (tertiary/aromatic N) is 1. The molecule has 1 amide bonds. The molecule has 1 aliphatic carbocycles. The van der Waals surface area contributed by atoms with Gasteiger partial charge in [0.15, 0.2) is 0 Å². The van der Waals surface area contributed by atoms with Crippen molar-refractivity contribution in [2.45, 2.75) is 36.4 Å². The predicted octanol–water partition coefficient (Wildman–Crippen LogP) is 3.25. The van der Waals surface area contributed by atoms with Crippen molar-refractivity contribution >= 4 is 44.8 Å². The quantitative estimate of drug-likeness (QED) is 0.702. The zero-order valence-corrected chi connectivity index (χ0v) is 16.9. The summed E-state index contributed by atoms with van der Waals surface area (Å²) >= 11 is 12.1. The molecule has 9 heteroatoms. The van der Waals surface area contributed by atoms with E-state index in [-0.39, 0.29) is 16.5 Å². The van der Waals surface area contributed by atoms with E-state index < -0.39 is 19.8 Å². The topological polar surface area (TPSA) is 75.7 Å². The van der Waals surface area contributed by atoms with E-state index in [1.807, 2.05) is 0 Å². The number of ether oxygens (including phenoxy) is 1. The van der Waals surface area contributed by atoms with Gasteiger partial charge < -0.3 is 10.1 Å². The summed E-state index contributed by atoms with van der Waals surface area (Å²) in [6.45, 7) is 5.89. The van der Waals surface area contributed by atoms with Gasteiger partial charge in [0, 0.05) is 13.1 Å². The lowest BCUT2D eigenvalue weighted by molar-refractivity contribution is -0.120. The summed E-state index contributed by atoms with van der Waals surface area (Å²) in [5.74, 6) is -0.0287. The maximum absolute atomic E-state index is 12.7. The van der Waals surface area contributed by atoms with Crippen LogP contribution in [0, 0.1) is 5.41 Å². The van der Waals surface area contributed by atoms with Crippen molar-refractivity contribution in [1.82, 2.24) is 4.31 Å². The van der Waals surface area contributed by atoms with Crippen LogP contribution in [0.3, 0.4) is 0 Å². The van der Waals surface area contributed by atoms with Crippen LogP contribution in [0.1, 0.15) is 27.2 Å². The lowest BCUT2D eigenvalue weighted by Crippen LogP contribution is -2.31. The third-order valence-electron chi connectivity index (χ3n) is 4.52. The molecule has 1 aromatic carbocycles. The first-order valence-corrected chi connectivity index (χ1v) is 10.1. The van der Waals surface area contributed by atoms with E-state index in [0.717, 1.165) is 0 Å². The van der Waals surface area contributed by atoms with Crippen LogP contribution in [-0.2, 0) is 14.8 Å². The first kappa shape index (κ1) is 20.3. The Balaban J connectivity index is 2.37. The monoisotopic (exact) mass is 408 g/mol. The van der Waals surface area contributed by atoms with Gasteiger partial charge in [-0.3, -0.25) is 4.79 Å². The lowest BCUT2D eigenvalue weighted by atomic mass is 10.1. The van der Waals surface area contributed by atoms with Gasteiger partial charge in [-0.25, -0.2) is 8.42 Å². The number of hydrogen-bond acceptors (Lipinski definition) is 4. The van der Waals surface area contributed by atoms with Crippen LogP contribution in [0.5, 0.6) is 5.75 Å². The molecule has 0 heterocycles. The number of amides is 1. The molecule has 1 atom stereocenters. The average Bonchev–Trinajstić information content (AvgIpc) is 3.07. The SMILES string of the molecule is CCN(CC)S(=O)(=O)c1ccc(OC)c(NC(=O)C2(C)CC2(Cl)Cl)c1. The van der Waals surface area contributed by atoms with Gasteiger partial charge in [-0.2, -0.15) is 4.31 Å². The predicted molar refractivity (Wildman–Crippen MR) is 98.9 cm³/mol. The molecule has 1 fully saturated rings. The Morgan fingerprint density at radius 2 is 1.88 bits per heavy atom. The second kappa shape index (κ2) is 6.95. The fraction of sp³-hybridized carbons (Fsp3) is 0.562. The fourth-order valence-corrected chi connectivity index (χ4v) is 4.76. The zero-order chi connectivity index (χ0) is 19.0. The molecule has 0 spiro atoms. The van der Waals surface area contributed by atoms with Gasteiger partial charge in [0.25, 0.3) is 0 Å². The van der Waals surface area contributed by atoms with E-state index in [9.17, 15) is 13.2 Å². The number of nitrogens with one attached hydrogen (secondary N) is 1. The van der Waals surface area contributed by atoms with Crippen molar-refractivity contribution in [1.29, 1.82) is 0 Å². The van der Waals surface area contributed by atoms with E-state index >= 15 is 0 Å². The molecule has 0 aliphatic heterocycles. The van der Waals surface area contributed by atoms with Crippen molar-refractivity contribution in [2.24, 2.45) is 5.41 Å². The standard InChI is InChI=1S/C16H22Cl2N2O4S/c1-5-20(6-2)25(22,23)11-7-8-13(24-4)12(9-11)19-14(21)15(3)10-16(15,17)18/h7-9H,5-6,10H2,1-4H3,(H,19,21). The van der Waals surface area contributed by atoms with Crippen LogP contribution in [-0.4, -0.2) is 43.2 Å². The lowest BCUT2D eigenvalue weighted by Gasteiger charge is -2.20. The van der Waals surface area contributed by atoms with Crippen molar-refractivity contribution in [3.8, 4) is 5.75 Å². The highest BCUT2D eigenvalue weighted by Crippen LogP contribution is 2.64. The van der Waals surface area contributed by atoms with Gasteiger partial charge in [0.2, 0.25) is 15.9 Å². The molecule has 0 radical (unpaired) electrons. The van der Waals surface area contributed by atoms with E-state index in [0.29, 0.717) is 25.3 Å². The Morgan fingerprint density at radius 3 is 2.32 bits per heavy atom. The number of carbonyl (C=O) groups excluding carboxylic acids is 1. The summed E-state index contributed by atoms with van der Waals surface area (Å²) in [4.78, 5) is 12.6. The van der Waals surface area contributed by atoms with Gasteiger partial charge in [-0.15, -0.1) is 23.2 Å².